The summed E-state index contributed by atoms with van der Waals surface area (Å²) < 4.78 is 10.8. The molecule has 0 aliphatic rings. The molecular formula is C34H67N3O5. The van der Waals surface area contributed by atoms with Crippen LogP contribution in [0, 0.1) is 0 Å². The number of nitrogens with zero attached hydrogens (tertiary/aromatic N) is 1. The van der Waals surface area contributed by atoms with Crippen LogP contribution in [0.15, 0.2) is 0 Å². The Morgan fingerprint density at radius 1 is 0.595 bits per heavy atom. The molecule has 0 radical (unpaired) electrons. The number of nitrogens with one attached hydrogen (secondary N) is 2. The monoisotopic (exact) mass is 598 g/mol. The van der Waals surface area contributed by atoms with Gasteiger partial charge in [0.05, 0.1) is 0 Å². The average Bonchev–Trinajstić information content (AvgIpc) is 2.87. The highest BCUT2D eigenvalue weighted by atomic mass is 16.6. The zero-order chi connectivity index (χ0) is 31.9. The van der Waals surface area contributed by atoms with E-state index in [4.69, 9.17) is 9.47 Å². The minimum absolute atomic E-state index is 0.0301. The molecule has 0 heterocycles. The highest BCUT2D eigenvalue weighted by Gasteiger charge is 2.27. The van der Waals surface area contributed by atoms with Crippen molar-refractivity contribution in [3.8, 4) is 0 Å². The second kappa shape index (κ2) is 23.5. The van der Waals surface area contributed by atoms with Gasteiger partial charge in [0.15, 0.2) is 0 Å². The number of ether oxygens (including phenoxy) is 2. The third kappa shape index (κ3) is 24.6. The van der Waals surface area contributed by atoms with Crippen LogP contribution in [0.1, 0.15) is 165 Å². The second-order valence-corrected chi connectivity index (χ2v) is 13.7. The van der Waals surface area contributed by atoms with Crippen LogP contribution in [0.4, 0.5) is 9.59 Å². The van der Waals surface area contributed by atoms with E-state index in [1.54, 1.807) is 0 Å². The molecule has 1 atom stereocenters. The highest BCUT2D eigenvalue weighted by Crippen LogP contribution is 2.14. The normalized spacial score (nSPS) is 12.5. The van der Waals surface area contributed by atoms with Gasteiger partial charge in [-0.1, -0.05) is 90.9 Å². The first-order chi connectivity index (χ1) is 19.8. The molecule has 42 heavy (non-hydrogen) atoms. The first-order valence-electron chi connectivity index (χ1n) is 17.0. The molecular weight excluding hydrogens is 530 g/mol. The Morgan fingerprint density at radius 2 is 1.02 bits per heavy atom. The van der Waals surface area contributed by atoms with Gasteiger partial charge in [0.25, 0.3) is 0 Å². The lowest BCUT2D eigenvalue weighted by atomic mass is 10.1. The molecule has 0 aromatic rings. The maximum Gasteiger partial charge on any atom is 0.408 e. The summed E-state index contributed by atoms with van der Waals surface area (Å²) in [6.45, 7) is 17.3. The fourth-order valence-electron chi connectivity index (χ4n) is 4.76. The Morgan fingerprint density at radius 3 is 1.48 bits per heavy atom. The van der Waals surface area contributed by atoms with Gasteiger partial charge in [-0.15, -0.1) is 0 Å². The highest BCUT2D eigenvalue weighted by molar-refractivity contribution is 5.85. The topological polar surface area (TPSA) is 97.0 Å². The molecule has 0 bridgehead atoms. The van der Waals surface area contributed by atoms with Gasteiger partial charge in [-0.25, -0.2) is 9.59 Å². The van der Waals surface area contributed by atoms with E-state index in [-0.39, 0.29) is 5.91 Å². The van der Waals surface area contributed by atoms with Crippen molar-refractivity contribution in [2.45, 2.75) is 182 Å². The van der Waals surface area contributed by atoms with Crippen LogP contribution >= 0.6 is 0 Å². The molecule has 0 spiro atoms. The maximum absolute atomic E-state index is 13.8. The fourth-order valence-corrected chi connectivity index (χ4v) is 4.76. The van der Waals surface area contributed by atoms with E-state index in [1.807, 2.05) is 46.4 Å². The number of alkyl carbamates (subject to hydrolysis) is 2. The molecule has 0 aliphatic heterocycles. The molecule has 0 saturated heterocycles. The Labute approximate surface area is 258 Å². The first kappa shape index (κ1) is 40.0. The van der Waals surface area contributed by atoms with Crippen LogP contribution in [0.25, 0.3) is 0 Å². The number of hydrogen-bond donors (Lipinski definition) is 2. The number of amides is 3. The van der Waals surface area contributed by atoms with Crippen molar-refractivity contribution in [3.05, 3.63) is 0 Å². The standard InChI is InChI=1S/C34H67N3O5/c1-9-11-13-15-17-18-20-24-28-37(27-23-19-16-14-12-10-2)30(38)29(36-32(40)42-34(6,7)8)25-21-22-26-35-31(39)41-33(3,4)5/h29H,9-28H2,1-8H3,(H,35,39)(H,36,40). The van der Waals surface area contributed by atoms with Crippen LogP contribution in [-0.4, -0.2) is 59.9 Å². The van der Waals surface area contributed by atoms with Gasteiger partial charge in [-0.05, 0) is 73.6 Å². The Bertz CT molecular complexity index is 715. The van der Waals surface area contributed by atoms with Crippen LogP contribution in [-0.2, 0) is 14.3 Å². The maximum atomic E-state index is 13.8. The molecule has 8 nitrogen and oxygen atoms in total. The predicted molar refractivity (Wildman–Crippen MR) is 174 cm³/mol. The minimum atomic E-state index is -0.657. The molecule has 1 unspecified atom stereocenters. The van der Waals surface area contributed by atoms with Gasteiger partial charge in [0.2, 0.25) is 5.91 Å². The summed E-state index contributed by atoms with van der Waals surface area (Å²) in [5, 5.41) is 5.64. The number of unbranched alkanes of at least 4 members (excludes halogenated alkanes) is 13. The van der Waals surface area contributed by atoms with Gasteiger partial charge < -0.3 is 25.0 Å². The molecule has 248 valence electrons. The van der Waals surface area contributed by atoms with E-state index in [0.717, 1.165) is 32.2 Å². The Kier molecular flexibility index (Phi) is 22.4. The number of carbonyl (C=O) groups excluding carboxylic acids is 3. The minimum Gasteiger partial charge on any atom is -0.444 e. The van der Waals surface area contributed by atoms with Crippen molar-refractivity contribution in [2.24, 2.45) is 0 Å². The zero-order valence-corrected chi connectivity index (χ0v) is 28.7. The van der Waals surface area contributed by atoms with Crippen molar-refractivity contribution in [3.63, 3.8) is 0 Å². The smallest absolute Gasteiger partial charge is 0.408 e. The van der Waals surface area contributed by atoms with E-state index in [1.165, 1.54) is 64.2 Å². The molecule has 0 aliphatic carbocycles. The lowest BCUT2D eigenvalue weighted by molar-refractivity contribution is -0.134. The second-order valence-electron chi connectivity index (χ2n) is 13.7. The largest absolute Gasteiger partial charge is 0.444 e. The Hall–Kier alpha value is -1.99. The molecule has 2 N–H and O–H groups in total. The van der Waals surface area contributed by atoms with Crippen molar-refractivity contribution in [1.29, 1.82) is 0 Å². The summed E-state index contributed by atoms with van der Waals surface area (Å²) in [6.07, 6.45) is 17.5. The van der Waals surface area contributed by atoms with Crippen LogP contribution < -0.4 is 10.6 Å². The molecule has 3 amide bonds. The van der Waals surface area contributed by atoms with Gasteiger partial charge in [0.1, 0.15) is 17.2 Å². The third-order valence-electron chi connectivity index (χ3n) is 6.95. The third-order valence-corrected chi connectivity index (χ3v) is 6.95. The molecule has 8 heteroatoms. The lowest BCUT2D eigenvalue weighted by Gasteiger charge is -2.29. The van der Waals surface area contributed by atoms with Crippen LogP contribution in [0.5, 0.6) is 0 Å². The number of rotatable bonds is 23. The van der Waals surface area contributed by atoms with Gasteiger partial charge in [-0.3, -0.25) is 4.79 Å². The molecule has 0 fully saturated rings. The van der Waals surface area contributed by atoms with E-state index in [0.29, 0.717) is 32.4 Å². The molecule has 0 aromatic heterocycles. The SMILES string of the molecule is CCCCCCCCCCN(CCCCCCCC)C(=O)C(CCCCNC(=O)OC(C)(C)C)NC(=O)OC(C)(C)C. The summed E-state index contributed by atoms with van der Waals surface area (Å²) in [4.78, 5) is 40.5. The van der Waals surface area contributed by atoms with Gasteiger partial charge in [-0.2, -0.15) is 0 Å². The van der Waals surface area contributed by atoms with E-state index >= 15 is 0 Å². The summed E-state index contributed by atoms with van der Waals surface area (Å²) in [6, 6.07) is -0.657. The molecule has 0 saturated carbocycles. The summed E-state index contributed by atoms with van der Waals surface area (Å²) in [7, 11) is 0. The van der Waals surface area contributed by atoms with Gasteiger partial charge in [0, 0.05) is 19.6 Å². The van der Waals surface area contributed by atoms with E-state index in [9.17, 15) is 14.4 Å². The van der Waals surface area contributed by atoms with Crippen molar-refractivity contribution in [1.82, 2.24) is 15.5 Å². The zero-order valence-electron chi connectivity index (χ0n) is 28.7. The summed E-state index contributed by atoms with van der Waals surface area (Å²) in [5.74, 6) is -0.0301. The Balaban J connectivity index is 5.18. The van der Waals surface area contributed by atoms with Crippen LogP contribution in [0.3, 0.4) is 0 Å². The van der Waals surface area contributed by atoms with Crippen molar-refractivity contribution >= 4 is 18.1 Å². The van der Waals surface area contributed by atoms with E-state index in [2.05, 4.69) is 24.5 Å². The van der Waals surface area contributed by atoms with Crippen LogP contribution in [0.2, 0.25) is 0 Å². The average molecular weight is 598 g/mol. The number of carbonyl (C=O) groups is 3. The lowest BCUT2D eigenvalue weighted by Crippen LogP contribution is -2.50. The molecule has 0 aromatic carbocycles. The van der Waals surface area contributed by atoms with Gasteiger partial charge >= 0.3 is 12.2 Å². The summed E-state index contributed by atoms with van der Waals surface area (Å²) in [5.41, 5.74) is -1.20. The molecule has 0 rings (SSSR count). The van der Waals surface area contributed by atoms with Crippen molar-refractivity contribution in [2.75, 3.05) is 19.6 Å². The quantitative estimate of drug-likeness (QED) is 0.115. The van der Waals surface area contributed by atoms with E-state index < -0.39 is 29.4 Å². The first-order valence-corrected chi connectivity index (χ1v) is 17.0. The fraction of sp³-hybridized carbons (Fsp3) is 0.912. The number of hydrogen-bond acceptors (Lipinski definition) is 5. The summed E-state index contributed by atoms with van der Waals surface area (Å²) >= 11 is 0. The predicted octanol–water partition coefficient (Wildman–Crippen LogP) is 8.90. The van der Waals surface area contributed by atoms with Crippen molar-refractivity contribution < 1.29 is 23.9 Å².